The summed E-state index contributed by atoms with van der Waals surface area (Å²) in [5, 5.41) is 6.47. The van der Waals surface area contributed by atoms with Gasteiger partial charge in [0.2, 0.25) is 5.91 Å². The summed E-state index contributed by atoms with van der Waals surface area (Å²) >= 11 is 0. The zero-order valence-corrected chi connectivity index (χ0v) is 12.1. The van der Waals surface area contributed by atoms with Gasteiger partial charge in [0.15, 0.2) is 0 Å². The smallest absolute Gasteiger partial charge is 0.238 e. The molecule has 0 aliphatic carbocycles. The Balaban J connectivity index is 2.01. The quantitative estimate of drug-likeness (QED) is 0.877. The first kappa shape index (κ1) is 14.1. The first-order valence-corrected chi connectivity index (χ1v) is 7.09. The van der Waals surface area contributed by atoms with E-state index < -0.39 is 0 Å². The minimum Gasteiger partial charge on any atom is -0.348 e. The number of hydrogen-bond donors (Lipinski definition) is 2. The number of piperidine rings is 1. The first-order valence-electron chi connectivity index (χ1n) is 7.09. The molecular formula is C16H24N2O. The highest BCUT2D eigenvalue weighted by Gasteiger charge is 2.37. The number of amides is 1. The third-order valence-electron chi connectivity index (χ3n) is 4.05. The summed E-state index contributed by atoms with van der Waals surface area (Å²) in [6.45, 7) is 7.29. The summed E-state index contributed by atoms with van der Waals surface area (Å²) in [5.41, 5.74) is 1.17. The molecule has 2 rings (SSSR count). The molecule has 1 aromatic rings. The van der Waals surface area contributed by atoms with E-state index in [1.54, 1.807) is 0 Å². The van der Waals surface area contributed by atoms with Crippen molar-refractivity contribution in [1.82, 2.24) is 10.6 Å². The van der Waals surface area contributed by atoms with Crippen molar-refractivity contribution in [3.63, 3.8) is 0 Å². The molecule has 0 aromatic heterocycles. The van der Waals surface area contributed by atoms with Gasteiger partial charge in [-0.05, 0) is 37.3 Å². The zero-order chi connectivity index (χ0) is 13.9. The van der Waals surface area contributed by atoms with Gasteiger partial charge in [0.05, 0.1) is 12.1 Å². The SMILES string of the molecule is C[C@@H](NC(=O)C1NCCCC1(C)C)c1ccccc1. The van der Waals surface area contributed by atoms with Crippen molar-refractivity contribution >= 4 is 5.91 Å². The lowest BCUT2D eigenvalue weighted by molar-refractivity contribution is -0.127. The molecule has 1 amide bonds. The van der Waals surface area contributed by atoms with Crippen LogP contribution in [-0.2, 0) is 4.79 Å². The summed E-state index contributed by atoms with van der Waals surface area (Å²) in [6.07, 6.45) is 2.24. The number of carbonyl (C=O) groups excluding carboxylic acids is 1. The van der Waals surface area contributed by atoms with Crippen molar-refractivity contribution in [3.8, 4) is 0 Å². The van der Waals surface area contributed by atoms with Crippen molar-refractivity contribution in [1.29, 1.82) is 0 Å². The summed E-state index contributed by atoms with van der Waals surface area (Å²) in [7, 11) is 0. The average molecular weight is 260 g/mol. The van der Waals surface area contributed by atoms with Crippen molar-refractivity contribution in [2.45, 2.75) is 45.7 Å². The normalized spacial score (nSPS) is 23.6. The maximum atomic E-state index is 12.4. The van der Waals surface area contributed by atoms with Crippen LogP contribution in [-0.4, -0.2) is 18.5 Å². The van der Waals surface area contributed by atoms with E-state index in [1.165, 1.54) is 0 Å². The van der Waals surface area contributed by atoms with Gasteiger partial charge in [-0.3, -0.25) is 4.79 Å². The monoisotopic (exact) mass is 260 g/mol. The van der Waals surface area contributed by atoms with Crippen molar-refractivity contribution in [2.75, 3.05) is 6.54 Å². The molecule has 1 aliphatic heterocycles. The molecule has 2 atom stereocenters. The molecule has 0 saturated carbocycles. The van der Waals surface area contributed by atoms with Crippen LogP contribution in [0.5, 0.6) is 0 Å². The van der Waals surface area contributed by atoms with Gasteiger partial charge in [0.25, 0.3) is 0 Å². The summed E-state index contributed by atoms with van der Waals surface area (Å²) in [6, 6.07) is 10.0. The molecule has 3 heteroatoms. The minimum absolute atomic E-state index is 0.0265. The van der Waals surface area contributed by atoms with Gasteiger partial charge in [-0.1, -0.05) is 44.2 Å². The first-order chi connectivity index (χ1) is 9.00. The number of nitrogens with one attached hydrogen (secondary N) is 2. The maximum Gasteiger partial charge on any atom is 0.238 e. The van der Waals surface area contributed by atoms with E-state index in [9.17, 15) is 4.79 Å². The maximum absolute atomic E-state index is 12.4. The summed E-state index contributed by atoms with van der Waals surface area (Å²) in [5.74, 6) is 0.112. The summed E-state index contributed by atoms with van der Waals surface area (Å²) in [4.78, 5) is 12.4. The number of rotatable bonds is 3. The van der Waals surface area contributed by atoms with Gasteiger partial charge < -0.3 is 10.6 Å². The van der Waals surface area contributed by atoms with E-state index in [0.29, 0.717) is 0 Å². The molecule has 19 heavy (non-hydrogen) atoms. The van der Waals surface area contributed by atoms with Gasteiger partial charge in [-0.2, -0.15) is 0 Å². The van der Waals surface area contributed by atoms with Gasteiger partial charge >= 0.3 is 0 Å². The van der Waals surface area contributed by atoms with E-state index in [0.717, 1.165) is 24.9 Å². The van der Waals surface area contributed by atoms with E-state index in [4.69, 9.17) is 0 Å². The molecule has 1 aliphatic rings. The van der Waals surface area contributed by atoms with Crippen LogP contribution < -0.4 is 10.6 Å². The highest BCUT2D eigenvalue weighted by atomic mass is 16.2. The Hall–Kier alpha value is -1.35. The van der Waals surface area contributed by atoms with Crippen molar-refractivity contribution in [3.05, 3.63) is 35.9 Å². The molecule has 1 fully saturated rings. The number of hydrogen-bond acceptors (Lipinski definition) is 2. The van der Waals surface area contributed by atoms with Gasteiger partial charge in [-0.15, -0.1) is 0 Å². The average Bonchev–Trinajstić information content (AvgIpc) is 2.39. The molecule has 0 radical (unpaired) electrons. The molecule has 1 saturated heterocycles. The van der Waals surface area contributed by atoms with Crippen LogP contribution in [0.3, 0.4) is 0 Å². The number of benzene rings is 1. The Morgan fingerprint density at radius 1 is 1.37 bits per heavy atom. The van der Waals surface area contributed by atoms with Crippen LogP contribution in [0.1, 0.15) is 45.2 Å². The summed E-state index contributed by atoms with van der Waals surface area (Å²) < 4.78 is 0. The lowest BCUT2D eigenvalue weighted by atomic mass is 9.77. The Morgan fingerprint density at radius 2 is 2.05 bits per heavy atom. The van der Waals surface area contributed by atoms with E-state index >= 15 is 0 Å². The predicted molar refractivity (Wildman–Crippen MR) is 77.8 cm³/mol. The van der Waals surface area contributed by atoms with Crippen LogP contribution in [0.2, 0.25) is 0 Å². The topological polar surface area (TPSA) is 41.1 Å². The fourth-order valence-electron chi connectivity index (χ4n) is 2.78. The third kappa shape index (κ3) is 3.35. The second kappa shape index (κ2) is 5.74. The standard InChI is InChI=1S/C16H24N2O/c1-12(13-8-5-4-6-9-13)18-15(19)14-16(2,3)10-7-11-17-14/h4-6,8-9,12,14,17H,7,10-11H2,1-3H3,(H,18,19)/t12-,14?/m1/s1. The molecule has 0 spiro atoms. The second-order valence-electron chi connectivity index (χ2n) is 6.12. The Bertz CT molecular complexity index is 428. The molecule has 1 aromatic carbocycles. The highest BCUT2D eigenvalue weighted by Crippen LogP contribution is 2.30. The third-order valence-corrected chi connectivity index (χ3v) is 4.05. The van der Waals surface area contributed by atoms with Gasteiger partial charge in [-0.25, -0.2) is 0 Å². The number of carbonyl (C=O) groups is 1. The van der Waals surface area contributed by atoms with Crippen LogP contribution in [0.25, 0.3) is 0 Å². The fraction of sp³-hybridized carbons (Fsp3) is 0.562. The predicted octanol–water partition coefficient (Wildman–Crippen LogP) is 2.64. The largest absolute Gasteiger partial charge is 0.348 e. The Labute approximate surface area is 115 Å². The lowest BCUT2D eigenvalue weighted by Crippen LogP contribution is -2.55. The van der Waals surface area contributed by atoms with Crippen molar-refractivity contribution < 1.29 is 4.79 Å². The van der Waals surface area contributed by atoms with E-state index in [1.807, 2.05) is 37.3 Å². The van der Waals surface area contributed by atoms with Crippen LogP contribution in [0, 0.1) is 5.41 Å². The van der Waals surface area contributed by atoms with Crippen LogP contribution >= 0.6 is 0 Å². The van der Waals surface area contributed by atoms with E-state index in [-0.39, 0.29) is 23.4 Å². The molecule has 104 valence electrons. The van der Waals surface area contributed by atoms with Gasteiger partial charge in [0, 0.05) is 0 Å². The molecular weight excluding hydrogens is 236 g/mol. The Kier molecular flexibility index (Phi) is 4.25. The highest BCUT2D eigenvalue weighted by molar-refractivity contribution is 5.83. The molecule has 3 nitrogen and oxygen atoms in total. The van der Waals surface area contributed by atoms with Crippen molar-refractivity contribution in [2.24, 2.45) is 5.41 Å². The second-order valence-corrected chi connectivity index (χ2v) is 6.12. The van der Waals surface area contributed by atoms with Gasteiger partial charge in [0.1, 0.15) is 0 Å². The lowest BCUT2D eigenvalue weighted by Gasteiger charge is -2.38. The minimum atomic E-state index is -0.0904. The Morgan fingerprint density at radius 3 is 2.68 bits per heavy atom. The zero-order valence-electron chi connectivity index (χ0n) is 12.1. The van der Waals surface area contributed by atoms with Crippen LogP contribution in [0.15, 0.2) is 30.3 Å². The molecule has 0 bridgehead atoms. The molecule has 1 unspecified atom stereocenters. The van der Waals surface area contributed by atoms with E-state index in [2.05, 4.69) is 24.5 Å². The van der Waals surface area contributed by atoms with Crippen LogP contribution in [0.4, 0.5) is 0 Å². The molecule has 1 heterocycles. The fourth-order valence-corrected chi connectivity index (χ4v) is 2.78. The molecule has 2 N–H and O–H groups in total.